The van der Waals surface area contributed by atoms with E-state index < -0.39 is 11.9 Å². The quantitative estimate of drug-likeness (QED) is 0.238. The number of fused-ring (bicyclic) bond motifs is 1. The van der Waals surface area contributed by atoms with Crippen LogP contribution in [0.3, 0.4) is 0 Å². The Morgan fingerprint density at radius 1 is 1.05 bits per heavy atom. The lowest BCUT2D eigenvalue weighted by Gasteiger charge is -2.08. The molecule has 1 aliphatic heterocycles. The summed E-state index contributed by atoms with van der Waals surface area (Å²) in [6.45, 7) is 2.28. The van der Waals surface area contributed by atoms with E-state index in [2.05, 4.69) is 9.56 Å². The number of carbonyl (C=O) groups is 2. The molecule has 1 aliphatic rings. The average Bonchev–Trinajstić information content (AvgIpc) is 3.43. The molecule has 5 rings (SSSR count). The highest BCUT2D eigenvalue weighted by atomic mass is 35.5. The van der Waals surface area contributed by atoms with Crippen molar-refractivity contribution in [3.63, 3.8) is 0 Å². The maximum absolute atomic E-state index is 12.8. The number of amides is 1. The number of hydrogen-bond acceptors (Lipinski definition) is 5. The van der Waals surface area contributed by atoms with Gasteiger partial charge < -0.3 is 14.4 Å². The summed E-state index contributed by atoms with van der Waals surface area (Å²) in [7, 11) is 0. The molecule has 1 amide bonds. The lowest BCUT2D eigenvalue weighted by molar-refractivity contribution is -0.138. The summed E-state index contributed by atoms with van der Waals surface area (Å²) >= 11 is 13.5. The van der Waals surface area contributed by atoms with Crippen molar-refractivity contribution in [3.05, 3.63) is 122 Å². The molecule has 0 radical (unpaired) electrons. The summed E-state index contributed by atoms with van der Waals surface area (Å²) in [6.07, 6.45) is 3.72. The van der Waals surface area contributed by atoms with Gasteiger partial charge in [0.25, 0.3) is 5.91 Å². The van der Waals surface area contributed by atoms with Gasteiger partial charge in [-0.05, 0) is 48.9 Å². The van der Waals surface area contributed by atoms with Gasteiger partial charge in [0.15, 0.2) is 0 Å². The molecule has 1 aromatic heterocycles. The Balaban J connectivity index is 1.56. The van der Waals surface area contributed by atoms with E-state index in [0.717, 1.165) is 33.8 Å². The average molecular weight is 577 g/mol. The van der Waals surface area contributed by atoms with E-state index in [4.69, 9.17) is 27.9 Å². The second kappa shape index (κ2) is 11.5. The predicted molar refractivity (Wildman–Crippen MR) is 158 cm³/mol. The smallest absolute Gasteiger partial charge is 0.344 e. The zero-order valence-corrected chi connectivity index (χ0v) is 23.1. The molecule has 6 nitrogen and oxygen atoms in total. The summed E-state index contributed by atoms with van der Waals surface area (Å²) in [5, 5.41) is 13.2. The number of nitrogens with zero attached hydrogens (tertiary/aromatic N) is 2. The SMILES string of the molecule is CCOC(=O)C1=C(O)/C(=C/c2cn(Cc3ccc(Cl)cc3Cl)c3ccccc23)SC1=NC(=O)c1ccccc1. The Labute approximate surface area is 239 Å². The second-order valence-corrected chi connectivity index (χ2v) is 10.5. The number of aliphatic hydroxyl groups is 1. The van der Waals surface area contributed by atoms with Crippen molar-refractivity contribution in [2.45, 2.75) is 13.5 Å². The van der Waals surface area contributed by atoms with Crippen molar-refractivity contribution in [2.24, 2.45) is 4.99 Å². The van der Waals surface area contributed by atoms with Gasteiger partial charge in [-0.2, -0.15) is 0 Å². The zero-order chi connectivity index (χ0) is 27.5. The van der Waals surface area contributed by atoms with Gasteiger partial charge in [-0.25, -0.2) is 9.79 Å². The normalized spacial score (nSPS) is 15.5. The summed E-state index contributed by atoms with van der Waals surface area (Å²) in [5.41, 5.74) is 2.91. The molecule has 0 fully saturated rings. The molecule has 0 saturated heterocycles. The second-order valence-electron chi connectivity index (χ2n) is 8.61. The Bertz CT molecular complexity index is 1690. The fraction of sp³-hybridized carbons (Fsp3) is 0.100. The fourth-order valence-corrected chi connectivity index (χ4v) is 5.70. The van der Waals surface area contributed by atoms with Crippen molar-refractivity contribution in [1.29, 1.82) is 0 Å². The fourth-order valence-electron chi connectivity index (χ4n) is 4.22. The molecular formula is C30H22Cl2N2O4S. The van der Waals surface area contributed by atoms with Gasteiger partial charge in [0, 0.05) is 44.8 Å². The number of aliphatic imine (C=N–C) groups is 1. The largest absolute Gasteiger partial charge is 0.506 e. The zero-order valence-electron chi connectivity index (χ0n) is 20.7. The Morgan fingerprint density at radius 2 is 1.79 bits per heavy atom. The topological polar surface area (TPSA) is 80.9 Å². The minimum atomic E-state index is -0.745. The number of para-hydroxylation sites is 1. The highest BCUT2D eigenvalue weighted by Gasteiger charge is 2.34. The number of carbonyl (C=O) groups excluding carboxylic acids is 2. The number of ether oxygens (including phenoxy) is 1. The van der Waals surface area contributed by atoms with Crippen LogP contribution in [0.15, 0.2) is 100 Å². The highest BCUT2D eigenvalue weighted by molar-refractivity contribution is 8.18. The van der Waals surface area contributed by atoms with Gasteiger partial charge in [0.2, 0.25) is 0 Å². The van der Waals surface area contributed by atoms with Crippen molar-refractivity contribution >= 4 is 68.9 Å². The summed E-state index contributed by atoms with van der Waals surface area (Å²) in [6, 6.07) is 21.8. The number of esters is 1. The van der Waals surface area contributed by atoms with Crippen molar-refractivity contribution in [2.75, 3.05) is 6.61 Å². The summed E-state index contributed by atoms with van der Waals surface area (Å²) < 4.78 is 7.21. The van der Waals surface area contributed by atoms with E-state index in [0.29, 0.717) is 27.1 Å². The molecular weight excluding hydrogens is 555 g/mol. The third-order valence-electron chi connectivity index (χ3n) is 6.06. The van der Waals surface area contributed by atoms with Gasteiger partial charge in [-0.15, -0.1) is 0 Å². The Morgan fingerprint density at radius 3 is 2.54 bits per heavy atom. The Hall–Kier alpha value is -3.78. The van der Waals surface area contributed by atoms with Crippen LogP contribution in [0.1, 0.15) is 28.4 Å². The van der Waals surface area contributed by atoms with E-state index in [1.165, 1.54) is 0 Å². The molecule has 196 valence electrons. The molecule has 4 aromatic rings. The van der Waals surface area contributed by atoms with Crippen LogP contribution in [0.5, 0.6) is 0 Å². The van der Waals surface area contributed by atoms with Crippen LogP contribution in [-0.2, 0) is 16.1 Å². The molecule has 3 aromatic carbocycles. The predicted octanol–water partition coefficient (Wildman–Crippen LogP) is 7.70. The van der Waals surface area contributed by atoms with Crippen LogP contribution < -0.4 is 0 Å². The number of halogens is 2. The maximum atomic E-state index is 12.8. The molecule has 0 unspecified atom stereocenters. The number of thioether (sulfide) groups is 1. The molecule has 39 heavy (non-hydrogen) atoms. The van der Waals surface area contributed by atoms with Crippen LogP contribution in [0.4, 0.5) is 0 Å². The molecule has 0 aliphatic carbocycles. The van der Waals surface area contributed by atoms with Crippen molar-refractivity contribution in [3.8, 4) is 0 Å². The van der Waals surface area contributed by atoms with Gasteiger partial charge in [0.1, 0.15) is 16.4 Å². The number of benzene rings is 3. The highest BCUT2D eigenvalue weighted by Crippen LogP contribution is 2.40. The van der Waals surface area contributed by atoms with Crippen molar-refractivity contribution in [1.82, 2.24) is 4.57 Å². The first-order valence-electron chi connectivity index (χ1n) is 12.1. The van der Waals surface area contributed by atoms with Crippen LogP contribution in [-0.4, -0.2) is 33.2 Å². The van der Waals surface area contributed by atoms with Gasteiger partial charge in [-0.1, -0.05) is 77.4 Å². The third kappa shape index (κ3) is 5.66. The van der Waals surface area contributed by atoms with Crippen LogP contribution in [0, 0.1) is 0 Å². The number of aliphatic hydroxyl groups excluding tert-OH is 1. The molecule has 1 N–H and O–H groups in total. The minimum absolute atomic E-state index is 0.0859. The molecule has 2 heterocycles. The molecule has 9 heteroatoms. The van der Waals surface area contributed by atoms with Gasteiger partial charge in [-0.3, -0.25) is 4.79 Å². The molecule has 0 atom stereocenters. The van der Waals surface area contributed by atoms with Crippen LogP contribution in [0.25, 0.3) is 17.0 Å². The third-order valence-corrected chi connectivity index (χ3v) is 7.66. The van der Waals surface area contributed by atoms with Crippen LogP contribution >= 0.6 is 35.0 Å². The minimum Gasteiger partial charge on any atom is -0.506 e. The van der Waals surface area contributed by atoms with Gasteiger partial charge in [0.05, 0.1) is 11.5 Å². The van der Waals surface area contributed by atoms with E-state index in [-0.39, 0.29) is 23.0 Å². The first-order valence-corrected chi connectivity index (χ1v) is 13.6. The summed E-state index contributed by atoms with van der Waals surface area (Å²) in [5.74, 6) is -1.55. The van der Waals surface area contributed by atoms with E-state index in [1.807, 2.05) is 36.5 Å². The van der Waals surface area contributed by atoms with Crippen LogP contribution in [0.2, 0.25) is 10.0 Å². The number of hydrogen-bond donors (Lipinski definition) is 1. The summed E-state index contributed by atoms with van der Waals surface area (Å²) in [4.78, 5) is 30.1. The molecule has 0 saturated carbocycles. The Kier molecular flexibility index (Phi) is 7.93. The van der Waals surface area contributed by atoms with Crippen molar-refractivity contribution < 1.29 is 19.4 Å². The van der Waals surface area contributed by atoms with Gasteiger partial charge >= 0.3 is 5.97 Å². The first-order chi connectivity index (χ1) is 18.9. The van der Waals surface area contributed by atoms with E-state index in [1.54, 1.807) is 55.5 Å². The monoisotopic (exact) mass is 576 g/mol. The molecule has 0 bridgehead atoms. The van der Waals surface area contributed by atoms with E-state index >= 15 is 0 Å². The maximum Gasteiger partial charge on any atom is 0.344 e. The first kappa shape index (κ1) is 26.8. The standard InChI is InChI=1S/C30H22Cl2N2O4S/c1-2-38-30(37)26-27(35)25(39-29(26)33-28(36)18-8-4-3-5-9-18)14-20-17-34(24-11-7-6-10-22(20)24)16-19-12-13-21(31)15-23(19)32/h3-15,17,35H,2,16H2,1H3/b25-14-,33-29?. The molecule has 0 spiro atoms. The van der Waals surface area contributed by atoms with E-state index in [9.17, 15) is 14.7 Å². The lowest BCUT2D eigenvalue weighted by atomic mass is 10.1. The number of aromatic nitrogens is 1. The number of rotatable bonds is 6. The lowest BCUT2D eigenvalue weighted by Crippen LogP contribution is -2.14.